The molecule has 7 atom stereocenters. The average molecular weight is 1380 g/mol. The summed E-state index contributed by atoms with van der Waals surface area (Å²) in [5.41, 5.74) is 0. The number of esters is 4. The number of hydrogen-bond donors (Lipinski definition) is 3. The molecule has 0 aliphatic heterocycles. The van der Waals surface area contributed by atoms with E-state index in [1.165, 1.54) is 186 Å². The molecule has 0 rings (SSSR count). The van der Waals surface area contributed by atoms with Crippen molar-refractivity contribution in [1.82, 2.24) is 0 Å². The van der Waals surface area contributed by atoms with Crippen LogP contribution in [0, 0.1) is 17.8 Å². The monoisotopic (exact) mass is 1380 g/mol. The van der Waals surface area contributed by atoms with Gasteiger partial charge < -0.3 is 33.8 Å². The van der Waals surface area contributed by atoms with E-state index in [-0.39, 0.29) is 25.7 Å². The predicted octanol–water partition coefficient (Wildman–Crippen LogP) is 21.8. The van der Waals surface area contributed by atoms with Gasteiger partial charge in [0.15, 0.2) is 12.2 Å². The number of aliphatic hydroxyl groups excluding tert-OH is 1. The summed E-state index contributed by atoms with van der Waals surface area (Å²) in [5.74, 6) is 0.217. The van der Waals surface area contributed by atoms with Crippen LogP contribution in [-0.2, 0) is 65.4 Å². The van der Waals surface area contributed by atoms with Gasteiger partial charge >= 0.3 is 39.5 Å². The van der Waals surface area contributed by atoms with E-state index in [4.69, 9.17) is 37.0 Å². The standard InChI is InChI=1S/C75H146O17P2/c1-8-11-12-13-14-15-16-19-23-30-35-44-51-58-75(80)92-71(63-86-73(78)57-50-43-38-37-41-48-55-68(7)10-3)65-90-94(83,84)88-61-69(76)60-87-93(81,82)89-64-70(62-85-72(77)56-49-42-34-29-26-25-28-33-40-47-54-67(6)9-2)91-74(79)59-52-45-36-31-24-21-18-17-20-22-27-32-39-46-53-66(4)5/h66-71,76H,8-65H2,1-7H3,(H,81,82)(H,83,84)/t67?,68?,69-,70-,71-/m1/s1. The molecule has 4 unspecified atom stereocenters. The molecule has 0 saturated carbocycles. The molecule has 0 bridgehead atoms. The first-order chi connectivity index (χ1) is 45.3. The van der Waals surface area contributed by atoms with Crippen LogP contribution in [0.1, 0.15) is 382 Å². The van der Waals surface area contributed by atoms with Crippen LogP contribution in [0.25, 0.3) is 0 Å². The maximum atomic E-state index is 13.1. The van der Waals surface area contributed by atoms with Crippen molar-refractivity contribution >= 4 is 39.5 Å². The van der Waals surface area contributed by atoms with Crippen molar-refractivity contribution < 1.29 is 80.2 Å². The highest BCUT2D eigenvalue weighted by Crippen LogP contribution is 2.45. The summed E-state index contributed by atoms with van der Waals surface area (Å²) in [6.07, 6.45) is 51.2. The second-order valence-electron chi connectivity index (χ2n) is 28.0. The Kier molecular flexibility index (Phi) is 64.3. The summed E-state index contributed by atoms with van der Waals surface area (Å²) in [6.45, 7) is 11.9. The number of carbonyl (C=O) groups excluding carboxylic acids is 4. The van der Waals surface area contributed by atoms with Gasteiger partial charge in [-0.15, -0.1) is 0 Å². The van der Waals surface area contributed by atoms with E-state index >= 15 is 0 Å². The summed E-state index contributed by atoms with van der Waals surface area (Å²) < 4.78 is 68.5. The highest BCUT2D eigenvalue weighted by atomic mass is 31.2. The van der Waals surface area contributed by atoms with Crippen molar-refractivity contribution in [2.24, 2.45) is 17.8 Å². The van der Waals surface area contributed by atoms with Crippen LogP contribution in [-0.4, -0.2) is 96.7 Å². The third-order valence-electron chi connectivity index (χ3n) is 18.1. The number of hydrogen-bond acceptors (Lipinski definition) is 15. The van der Waals surface area contributed by atoms with Crippen LogP contribution in [0.5, 0.6) is 0 Å². The summed E-state index contributed by atoms with van der Waals surface area (Å²) in [6, 6.07) is 0. The molecule has 94 heavy (non-hydrogen) atoms. The summed E-state index contributed by atoms with van der Waals surface area (Å²) >= 11 is 0. The number of rotatable bonds is 73. The third-order valence-corrected chi connectivity index (χ3v) is 20.0. The van der Waals surface area contributed by atoms with Crippen molar-refractivity contribution in [3.8, 4) is 0 Å². The average Bonchev–Trinajstić information content (AvgIpc) is 1.36. The van der Waals surface area contributed by atoms with E-state index in [1.54, 1.807) is 0 Å². The molecule has 0 fully saturated rings. The molecule has 0 saturated heterocycles. The number of aliphatic hydroxyl groups is 1. The molecule has 19 heteroatoms. The molecule has 17 nitrogen and oxygen atoms in total. The Morgan fingerprint density at radius 2 is 0.543 bits per heavy atom. The van der Waals surface area contributed by atoms with Crippen molar-refractivity contribution in [3.63, 3.8) is 0 Å². The Balaban J connectivity index is 5.26. The smallest absolute Gasteiger partial charge is 0.462 e. The Bertz CT molecular complexity index is 1840. The minimum Gasteiger partial charge on any atom is -0.462 e. The van der Waals surface area contributed by atoms with Crippen LogP contribution >= 0.6 is 15.6 Å². The molecule has 558 valence electrons. The number of phosphoric acid groups is 2. The molecular formula is C75H146O17P2. The van der Waals surface area contributed by atoms with Crippen molar-refractivity contribution in [1.29, 1.82) is 0 Å². The molecule has 0 radical (unpaired) electrons. The second-order valence-corrected chi connectivity index (χ2v) is 30.9. The normalized spacial score (nSPS) is 14.7. The lowest BCUT2D eigenvalue weighted by molar-refractivity contribution is -0.161. The van der Waals surface area contributed by atoms with Crippen LogP contribution in [0.4, 0.5) is 0 Å². The molecule has 0 aromatic heterocycles. The van der Waals surface area contributed by atoms with Gasteiger partial charge in [-0.05, 0) is 43.4 Å². The lowest BCUT2D eigenvalue weighted by Crippen LogP contribution is -2.30. The van der Waals surface area contributed by atoms with Gasteiger partial charge in [0.1, 0.15) is 19.3 Å². The molecule has 3 N–H and O–H groups in total. The van der Waals surface area contributed by atoms with Gasteiger partial charge in [-0.1, -0.05) is 331 Å². The van der Waals surface area contributed by atoms with E-state index < -0.39 is 97.5 Å². The fourth-order valence-electron chi connectivity index (χ4n) is 11.4. The maximum absolute atomic E-state index is 13.1. The molecule has 0 aliphatic carbocycles. The molecule has 0 heterocycles. The summed E-state index contributed by atoms with van der Waals surface area (Å²) in [7, 11) is -9.91. The van der Waals surface area contributed by atoms with Gasteiger partial charge in [0.25, 0.3) is 0 Å². The topological polar surface area (TPSA) is 237 Å². The second kappa shape index (κ2) is 65.7. The number of phosphoric ester groups is 2. The molecular weight excluding hydrogens is 1230 g/mol. The van der Waals surface area contributed by atoms with E-state index in [2.05, 4.69) is 48.5 Å². The Hall–Kier alpha value is -1.94. The fraction of sp³-hybridized carbons (Fsp3) is 0.947. The number of unbranched alkanes of at least 4 members (excludes halogenated alkanes) is 39. The van der Waals surface area contributed by atoms with Gasteiger partial charge in [-0.3, -0.25) is 37.3 Å². The first-order valence-corrected chi connectivity index (χ1v) is 41.9. The molecule has 0 amide bonds. The van der Waals surface area contributed by atoms with Crippen LogP contribution in [0.3, 0.4) is 0 Å². The maximum Gasteiger partial charge on any atom is 0.472 e. The minimum absolute atomic E-state index is 0.106. The summed E-state index contributed by atoms with van der Waals surface area (Å²) in [4.78, 5) is 72.8. The Labute approximate surface area is 575 Å². The number of ether oxygens (including phenoxy) is 4. The van der Waals surface area contributed by atoms with Crippen LogP contribution in [0.15, 0.2) is 0 Å². The van der Waals surface area contributed by atoms with Crippen molar-refractivity contribution in [2.75, 3.05) is 39.6 Å². The largest absolute Gasteiger partial charge is 0.472 e. The zero-order valence-electron chi connectivity index (χ0n) is 61.4. The van der Waals surface area contributed by atoms with E-state index in [0.29, 0.717) is 25.7 Å². The van der Waals surface area contributed by atoms with Crippen LogP contribution < -0.4 is 0 Å². The van der Waals surface area contributed by atoms with Crippen molar-refractivity contribution in [2.45, 2.75) is 401 Å². The highest BCUT2D eigenvalue weighted by molar-refractivity contribution is 7.47. The molecule has 0 aromatic rings. The van der Waals surface area contributed by atoms with E-state index in [1.807, 2.05) is 0 Å². The van der Waals surface area contributed by atoms with E-state index in [0.717, 1.165) is 114 Å². The van der Waals surface area contributed by atoms with Gasteiger partial charge in [0, 0.05) is 25.7 Å². The van der Waals surface area contributed by atoms with E-state index in [9.17, 15) is 43.2 Å². The first-order valence-electron chi connectivity index (χ1n) is 38.9. The first kappa shape index (κ1) is 92.1. The van der Waals surface area contributed by atoms with Gasteiger partial charge in [0.05, 0.1) is 26.4 Å². The van der Waals surface area contributed by atoms with Gasteiger partial charge in [-0.25, -0.2) is 9.13 Å². The van der Waals surface area contributed by atoms with Gasteiger partial charge in [0.2, 0.25) is 0 Å². The quantitative estimate of drug-likeness (QED) is 0.0222. The Morgan fingerprint density at radius 1 is 0.309 bits per heavy atom. The SMILES string of the molecule is CCCCCCCCCCCCCCCC(=O)O[C@H](COC(=O)CCCCCCCCC(C)CC)COP(=O)(O)OC[C@H](O)COP(=O)(O)OC[C@@H](COC(=O)CCCCCCCCCCCCC(C)CC)OC(=O)CCCCCCCCCCCCCCCCC(C)C. The molecule has 0 aromatic carbocycles. The molecule has 0 aliphatic rings. The minimum atomic E-state index is -4.96. The van der Waals surface area contributed by atoms with Gasteiger partial charge in [-0.2, -0.15) is 0 Å². The predicted molar refractivity (Wildman–Crippen MR) is 381 cm³/mol. The fourth-order valence-corrected chi connectivity index (χ4v) is 12.9. The Morgan fingerprint density at radius 3 is 0.809 bits per heavy atom. The highest BCUT2D eigenvalue weighted by Gasteiger charge is 2.30. The van der Waals surface area contributed by atoms with Crippen LogP contribution in [0.2, 0.25) is 0 Å². The zero-order chi connectivity index (χ0) is 69.4. The lowest BCUT2D eigenvalue weighted by Gasteiger charge is -2.21. The summed E-state index contributed by atoms with van der Waals surface area (Å²) in [5, 5.41) is 10.6. The molecule has 0 spiro atoms. The lowest BCUT2D eigenvalue weighted by atomic mass is 9.99. The number of carbonyl (C=O) groups is 4. The zero-order valence-corrected chi connectivity index (χ0v) is 63.2. The third kappa shape index (κ3) is 66.0. The van der Waals surface area contributed by atoms with Crippen molar-refractivity contribution in [3.05, 3.63) is 0 Å².